The molecule has 0 aliphatic carbocycles. The van der Waals surface area contributed by atoms with Crippen molar-refractivity contribution in [2.24, 2.45) is 0 Å². The number of nitrogens with zero attached hydrogens (tertiary/aromatic N) is 3. The van der Waals surface area contributed by atoms with Crippen LogP contribution < -0.4 is 4.74 Å². The minimum Gasteiger partial charge on any atom is -0.472 e. The lowest BCUT2D eigenvalue weighted by molar-refractivity contribution is 0.0730. The summed E-state index contributed by atoms with van der Waals surface area (Å²) in [7, 11) is -3.45. The zero-order chi connectivity index (χ0) is 17.0. The number of sulfonamides is 1. The average molecular weight is 341 g/mol. The van der Waals surface area contributed by atoms with Crippen LogP contribution in [0.15, 0.2) is 54.1 Å². The SMILES string of the molecule is N#Cc1ccc(OC2CN(S(=O)(=O)/C=C/c3ccccc3)C2)nc1. The van der Waals surface area contributed by atoms with Gasteiger partial charge >= 0.3 is 0 Å². The van der Waals surface area contributed by atoms with Gasteiger partial charge in [0, 0.05) is 17.7 Å². The molecule has 0 unspecified atom stereocenters. The van der Waals surface area contributed by atoms with Gasteiger partial charge in [-0.05, 0) is 17.7 Å². The van der Waals surface area contributed by atoms with Crippen molar-refractivity contribution >= 4 is 16.1 Å². The predicted octanol–water partition coefficient (Wildman–Crippen LogP) is 2.02. The van der Waals surface area contributed by atoms with E-state index in [1.54, 1.807) is 18.2 Å². The molecule has 6 nitrogen and oxygen atoms in total. The smallest absolute Gasteiger partial charge is 0.236 e. The number of ether oxygens (including phenoxy) is 1. The summed E-state index contributed by atoms with van der Waals surface area (Å²) in [6.45, 7) is 0.562. The Labute approximate surface area is 140 Å². The van der Waals surface area contributed by atoms with E-state index in [2.05, 4.69) is 4.98 Å². The Morgan fingerprint density at radius 1 is 1.21 bits per heavy atom. The molecule has 0 spiro atoms. The van der Waals surface area contributed by atoms with Gasteiger partial charge in [-0.15, -0.1) is 0 Å². The van der Waals surface area contributed by atoms with Crippen LogP contribution in [-0.2, 0) is 10.0 Å². The maximum atomic E-state index is 12.2. The first-order valence-corrected chi connectivity index (χ1v) is 8.83. The maximum Gasteiger partial charge on any atom is 0.236 e. The fraction of sp³-hybridized carbons (Fsp3) is 0.176. The molecule has 0 amide bonds. The van der Waals surface area contributed by atoms with Crippen LogP contribution >= 0.6 is 0 Å². The summed E-state index contributed by atoms with van der Waals surface area (Å²) in [5, 5.41) is 9.92. The minimum atomic E-state index is -3.45. The van der Waals surface area contributed by atoms with E-state index >= 15 is 0 Å². The third-order valence-electron chi connectivity index (χ3n) is 3.56. The van der Waals surface area contributed by atoms with E-state index in [9.17, 15) is 8.42 Å². The Morgan fingerprint density at radius 3 is 2.58 bits per heavy atom. The molecular formula is C17H15N3O3S. The summed E-state index contributed by atoms with van der Waals surface area (Å²) < 4.78 is 31.3. The number of pyridine rings is 1. The summed E-state index contributed by atoms with van der Waals surface area (Å²) in [5.41, 5.74) is 1.28. The molecule has 0 radical (unpaired) electrons. The molecule has 0 saturated carbocycles. The van der Waals surface area contributed by atoms with Crippen molar-refractivity contribution in [3.05, 3.63) is 65.2 Å². The molecule has 3 rings (SSSR count). The van der Waals surface area contributed by atoms with Crippen LogP contribution in [0.25, 0.3) is 6.08 Å². The topological polar surface area (TPSA) is 83.3 Å². The summed E-state index contributed by atoms with van der Waals surface area (Å²) in [6, 6.07) is 14.4. The lowest BCUT2D eigenvalue weighted by Gasteiger charge is -2.36. The Bertz CT molecular complexity index is 866. The molecule has 0 N–H and O–H groups in total. The van der Waals surface area contributed by atoms with Crippen LogP contribution in [0, 0.1) is 11.3 Å². The lowest BCUT2D eigenvalue weighted by Crippen LogP contribution is -2.55. The van der Waals surface area contributed by atoms with Crippen LogP contribution in [0.3, 0.4) is 0 Å². The van der Waals surface area contributed by atoms with Gasteiger partial charge in [-0.1, -0.05) is 30.3 Å². The van der Waals surface area contributed by atoms with Crippen molar-refractivity contribution in [1.29, 1.82) is 5.26 Å². The summed E-state index contributed by atoms with van der Waals surface area (Å²) in [6.07, 6.45) is 2.77. The van der Waals surface area contributed by atoms with Crippen LogP contribution in [0.2, 0.25) is 0 Å². The van der Waals surface area contributed by atoms with Gasteiger partial charge in [0.25, 0.3) is 0 Å². The molecular weight excluding hydrogens is 326 g/mol. The van der Waals surface area contributed by atoms with Gasteiger partial charge in [-0.3, -0.25) is 0 Å². The molecule has 24 heavy (non-hydrogen) atoms. The summed E-state index contributed by atoms with van der Waals surface area (Å²) >= 11 is 0. The van der Waals surface area contributed by atoms with Gasteiger partial charge in [-0.2, -0.15) is 9.57 Å². The van der Waals surface area contributed by atoms with Crippen LogP contribution in [0.1, 0.15) is 11.1 Å². The Kier molecular flexibility index (Phi) is 4.60. The third kappa shape index (κ3) is 3.79. The number of hydrogen-bond acceptors (Lipinski definition) is 5. The molecule has 1 fully saturated rings. The third-order valence-corrected chi connectivity index (χ3v) is 5.06. The molecule has 2 heterocycles. The Hall–Kier alpha value is -2.69. The van der Waals surface area contributed by atoms with E-state index in [1.165, 1.54) is 15.9 Å². The average Bonchev–Trinajstić information content (AvgIpc) is 2.57. The fourth-order valence-corrected chi connectivity index (χ4v) is 3.43. The molecule has 1 saturated heterocycles. The number of benzene rings is 1. The van der Waals surface area contributed by atoms with Gasteiger partial charge in [0.2, 0.25) is 15.9 Å². The molecule has 0 bridgehead atoms. The first-order chi connectivity index (χ1) is 11.6. The second-order valence-corrected chi connectivity index (χ2v) is 7.13. The largest absolute Gasteiger partial charge is 0.472 e. The van der Waals surface area contributed by atoms with E-state index in [4.69, 9.17) is 10.00 Å². The Morgan fingerprint density at radius 2 is 1.96 bits per heavy atom. The lowest BCUT2D eigenvalue weighted by atomic mass is 10.2. The highest BCUT2D eigenvalue weighted by Gasteiger charge is 2.36. The molecule has 7 heteroatoms. The van der Waals surface area contributed by atoms with Crippen molar-refractivity contribution in [3.63, 3.8) is 0 Å². The zero-order valence-corrected chi connectivity index (χ0v) is 13.6. The van der Waals surface area contributed by atoms with Crippen molar-refractivity contribution in [1.82, 2.24) is 9.29 Å². The summed E-state index contributed by atoms with van der Waals surface area (Å²) in [4.78, 5) is 4.01. The maximum absolute atomic E-state index is 12.2. The molecule has 1 aromatic heterocycles. The normalized spacial score (nSPS) is 15.8. The van der Waals surface area contributed by atoms with Crippen LogP contribution in [-0.4, -0.2) is 36.9 Å². The molecule has 1 aliphatic heterocycles. The van der Waals surface area contributed by atoms with Crippen molar-refractivity contribution in [2.75, 3.05) is 13.1 Å². The van der Waals surface area contributed by atoms with E-state index in [0.29, 0.717) is 11.4 Å². The quantitative estimate of drug-likeness (QED) is 0.831. The van der Waals surface area contributed by atoms with E-state index in [1.807, 2.05) is 36.4 Å². The second kappa shape index (κ2) is 6.83. The van der Waals surface area contributed by atoms with Gasteiger partial charge in [0.15, 0.2) is 0 Å². The highest BCUT2D eigenvalue weighted by Crippen LogP contribution is 2.20. The minimum absolute atomic E-state index is 0.231. The van der Waals surface area contributed by atoms with Crippen molar-refractivity contribution in [2.45, 2.75) is 6.10 Å². The molecule has 1 aromatic carbocycles. The molecule has 1 aliphatic rings. The predicted molar refractivity (Wildman–Crippen MR) is 89.3 cm³/mol. The summed E-state index contributed by atoms with van der Waals surface area (Å²) in [5.74, 6) is 0.385. The van der Waals surface area contributed by atoms with E-state index < -0.39 is 10.0 Å². The van der Waals surface area contributed by atoms with Gasteiger partial charge in [0.1, 0.15) is 12.2 Å². The first kappa shape index (κ1) is 16.2. The highest BCUT2D eigenvalue weighted by molar-refractivity contribution is 7.92. The number of hydrogen-bond donors (Lipinski definition) is 0. The van der Waals surface area contributed by atoms with Gasteiger partial charge in [0.05, 0.1) is 18.7 Å². The first-order valence-electron chi connectivity index (χ1n) is 7.33. The molecule has 2 aromatic rings. The number of nitriles is 1. The number of aromatic nitrogens is 1. The zero-order valence-electron chi connectivity index (χ0n) is 12.7. The molecule has 0 atom stereocenters. The van der Waals surface area contributed by atoms with Gasteiger partial charge in [-0.25, -0.2) is 13.4 Å². The van der Waals surface area contributed by atoms with Crippen molar-refractivity contribution < 1.29 is 13.2 Å². The fourth-order valence-electron chi connectivity index (χ4n) is 2.18. The van der Waals surface area contributed by atoms with E-state index in [0.717, 1.165) is 5.56 Å². The van der Waals surface area contributed by atoms with E-state index in [-0.39, 0.29) is 19.2 Å². The standard InChI is InChI=1S/C17H15N3O3S/c18-10-15-6-7-17(19-11-15)23-16-12-20(13-16)24(21,22)9-8-14-4-2-1-3-5-14/h1-9,11,16H,12-13H2/b9-8+. The van der Waals surface area contributed by atoms with Crippen LogP contribution in [0.4, 0.5) is 0 Å². The Balaban J connectivity index is 1.55. The van der Waals surface area contributed by atoms with Crippen molar-refractivity contribution in [3.8, 4) is 11.9 Å². The number of rotatable bonds is 5. The van der Waals surface area contributed by atoms with Gasteiger partial charge < -0.3 is 4.74 Å². The van der Waals surface area contributed by atoms with Crippen LogP contribution in [0.5, 0.6) is 5.88 Å². The highest BCUT2D eigenvalue weighted by atomic mass is 32.2. The second-order valence-electron chi connectivity index (χ2n) is 5.31. The molecule has 122 valence electrons. The monoisotopic (exact) mass is 341 g/mol.